The fourth-order valence-corrected chi connectivity index (χ4v) is 10.5. The van der Waals surface area contributed by atoms with Crippen LogP contribution in [0.5, 0.6) is 0 Å². The summed E-state index contributed by atoms with van der Waals surface area (Å²) >= 11 is 0. The molecule has 1 saturated carbocycles. The molecule has 0 aromatic carbocycles. The van der Waals surface area contributed by atoms with Gasteiger partial charge in [0.05, 0.1) is 12.2 Å². The lowest BCUT2D eigenvalue weighted by Gasteiger charge is -2.40. The minimum absolute atomic E-state index is 0.318. The monoisotopic (exact) mass is 372 g/mol. The molecule has 4 heteroatoms. The average Bonchev–Trinajstić information content (AvgIpc) is 2.81. The fourth-order valence-electron chi connectivity index (χ4n) is 4.60. The summed E-state index contributed by atoms with van der Waals surface area (Å²) in [6, 6.07) is 7.40. The van der Waals surface area contributed by atoms with Crippen molar-refractivity contribution in [1.29, 1.82) is 0 Å². The number of hydrogen-bond donors (Lipinski definition) is 0. The Hall–Kier alpha value is 0.354. The van der Waals surface area contributed by atoms with E-state index in [1.165, 1.54) is 36.3 Å². The second-order valence-corrected chi connectivity index (χ2v) is 17.7. The van der Waals surface area contributed by atoms with Gasteiger partial charge >= 0.3 is 0 Å². The smallest absolute Gasteiger partial charge is 0.192 e. The van der Waals surface area contributed by atoms with Gasteiger partial charge in [-0.2, -0.15) is 0 Å². The predicted octanol–water partition coefficient (Wildman–Crippen LogP) is 6.69. The number of hydrogen-bond acceptors (Lipinski definition) is 2. The Kier molecular flexibility index (Phi) is 8.71. The Morgan fingerprint density at radius 3 is 0.958 bits per heavy atom. The van der Waals surface area contributed by atoms with Gasteiger partial charge in [0.1, 0.15) is 0 Å². The van der Waals surface area contributed by atoms with Crippen molar-refractivity contribution in [3.05, 3.63) is 0 Å². The molecule has 144 valence electrons. The van der Waals surface area contributed by atoms with Gasteiger partial charge in [-0.25, -0.2) is 0 Å². The van der Waals surface area contributed by atoms with Crippen LogP contribution in [0.1, 0.15) is 62.3 Å². The van der Waals surface area contributed by atoms with Crippen molar-refractivity contribution in [3.63, 3.8) is 0 Å². The Balaban J connectivity index is 3.09. The van der Waals surface area contributed by atoms with Gasteiger partial charge in [-0.1, -0.05) is 62.3 Å². The molecule has 4 unspecified atom stereocenters. The summed E-state index contributed by atoms with van der Waals surface area (Å²) in [5.41, 5.74) is 0. The van der Waals surface area contributed by atoms with E-state index < -0.39 is 16.6 Å². The zero-order chi connectivity index (χ0) is 18.5. The third-order valence-corrected chi connectivity index (χ3v) is 16.9. The van der Waals surface area contributed by atoms with Crippen LogP contribution in [0.3, 0.4) is 0 Å². The molecular weight excluding hydrogens is 328 g/mol. The lowest BCUT2D eigenvalue weighted by Crippen LogP contribution is -2.49. The molecule has 0 aromatic rings. The SMILES string of the molecule is CC[Si](CC)(CC)OC1C(C)C(C)C(C)C1O[Si](CC)(CC)CC. The van der Waals surface area contributed by atoms with E-state index in [-0.39, 0.29) is 0 Å². The van der Waals surface area contributed by atoms with Crippen molar-refractivity contribution in [2.24, 2.45) is 17.8 Å². The van der Waals surface area contributed by atoms with Crippen LogP contribution < -0.4 is 0 Å². The highest BCUT2D eigenvalue weighted by molar-refractivity contribution is 6.74. The van der Waals surface area contributed by atoms with Crippen molar-refractivity contribution in [2.45, 2.75) is 111 Å². The molecule has 1 fully saturated rings. The van der Waals surface area contributed by atoms with Crippen molar-refractivity contribution < 1.29 is 8.85 Å². The van der Waals surface area contributed by atoms with Crippen molar-refractivity contribution in [2.75, 3.05) is 0 Å². The second-order valence-electron chi connectivity index (χ2n) is 8.23. The fraction of sp³-hybridized carbons (Fsp3) is 1.00. The first-order valence-corrected chi connectivity index (χ1v) is 15.7. The molecule has 0 saturated heterocycles. The van der Waals surface area contributed by atoms with E-state index in [4.69, 9.17) is 8.85 Å². The molecule has 0 bridgehead atoms. The molecule has 1 aliphatic rings. The van der Waals surface area contributed by atoms with E-state index >= 15 is 0 Å². The Morgan fingerprint density at radius 2 is 0.750 bits per heavy atom. The summed E-state index contributed by atoms with van der Waals surface area (Å²) in [6.07, 6.45) is 0.635. The quantitative estimate of drug-likeness (QED) is 0.398. The number of rotatable bonds is 10. The maximum Gasteiger partial charge on any atom is 0.192 e. The Labute approximate surface area is 154 Å². The van der Waals surface area contributed by atoms with Gasteiger partial charge < -0.3 is 8.85 Å². The van der Waals surface area contributed by atoms with Crippen LogP contribution >= 0.6 is 0 Å². The predicted molar refractivity (Wildman–Crippen MR) is 112 cm³/mol. The zero-order valence-corrected chi connectivity index (χ0v) is 19.9. The van der Waals surface area contributed by atoms with Gasteiger partial charge in [0, 0.05) is 0 Å². The third-order valence-electron chi connectivity index (χ3n) is 7.66. The molecule has 0 amide bonds. The topological polar surface area (TPSA) is 18.5 Å². The summed E-state index contributed by atoms with van der Waals surface area (Å²) < 4.78 is 14.1. The maximum atomic E-state index is 7.03. The lowest BCUT2D eigenvalue weighted by atomic mass is 9.93. The van der Waals surface area contributed by atoms with E-state index in [1.807, 2.05) is 0 Å². The van der Waals surface area contributed by atoms with Crippen LogP contribution in [-0.2, 0) is 8.85 Å². The minimum atomic E-state index is -1.60. The molecule has 1 aliphatic carbocycles. The van der Waals surface area contributed by atoms with Gasteiger partial charge in [0.2, 0.25) is 0 Å². The molecular formula is C20H44O2Si2. The van der Waals surface area contributed by atoms with Crippen LogP contribution in [0, 0.1) is 17.8 Å². The molecule has 1 rings (SSSR count). The van der Waals surface area contributed by atoms with Gasteiger partial charge in [-0.05, 0) is 54.0 Å². The van der Waals surface area contributed by atoms with Crippen molar-refractivity contribution >= 4 is 16.6 Å². The first-order valence-electron chi connectivity index (χ1n) is 10.6. The Morgan fingerprint density at radius 1 is 0.500 bits per heavy atom. The Bertz CT molecular complexity index is 316. The van der Waals surface area contributed by atoms with Gasteiger partial charge in [-0.15, -0.1) is 0 Å². The zero-order valence-electron chi connectivity index (χ0n) is 17.9. The molecule has 4 atom stereocenters. The highest BCUT2D eigenvalue weighted by Gasteiger charge is 2.50. The third kappa shape index (κ3) is 4.36. The molecule has 0 aromatic heterocycles. The molecule has 0 N–H and O–H groups in total. The largest absolute Gasteiger partial charge is 0.411 e. The van der Waals surface area contributed by atoms with Crippen LogP contribution in [-0.4, -0.2) is 28.8 Å². The van der Waals surface area contributed by atoms with E-state index in [0.29, 0.717) is 30.0 Å². The summed E-state index contributed by atoms with van der Waals surface area (Å²) in [7, 11) is -3.19. The molecule has 0 radical (unpaired) electrons. The molecule has 0 heterocycles. The van der Waals surface area contributed by atoms with Gasteiger partial charge in [0.25, 0.3) is 0 Å². The van der Waals surface area contributed by atoms with E-state index in [1.54, 1.807) is 0 Å². The van der Waals surface area contributed by atoms with Crippen LogP contribution in [0.2, 0.25) is 36.3 Å². The van der Waals surface area contributed by atoms with Crippen LogP contribution in [0.25, 0.3) is 0 Å². The summed E-state index contributed by atoms with van der Waals surface area (Å²) in [5.74, 6) is 1.91. The minimum Gasteiger partial charge on any atom is -0.411 e. The molecule has 2 nitrogen and oxygen atoms in total. The van der Waals surface area contributed by atoms with Crippen molar-refractivity contribution in [1.82, 2.24) is 0 Å². The standard InChI is InChI=1S/C20H44O2Si2/c1-10-23(11-2,12-3)21-19-17(8)16(7)18(9)20(19)22-24(13-4,14-5)15-6/h16-20H,10-15H2,1-9H3. The van der Waals surface area contributed by atoms with E-state index in [9.17, 15) is 0 Å². The van der Waals surface area contributed by atoms with Crippen LogP contribution in [0.15, 0.2) is 0 Å². The summed E-state index contributed by atoms with van der Waals surface area (Å²) in [4.78, 5) is 0. The second kappa shape index (κ2) is 9.34. The van der Waals surface area contributed by atoms with Crippen LogP contribution in [0.4, 0.5) is 0 Å². The molecule has 0 aliphatic heterocycles. The van der Waals surface area contributed by atoms with Gasteiger partial charge in [-0.3, -0.25) is 0 Å². The first kappa shape index (κ1) is 22.4. The van der Waals surface area contributed by atoms with E-state index in [0.717, 1.165) is 0 Å². The average molecular weight is 373 g/mol. The van der Waals surface area contributed by atoms with Crippen molar-refractivity contribution in [3.8, 4) is 0 Å². The van der Waals surface area contributed by atoms with E-state index in [2.05, 4.69) is 62.3 Å². The maximum absolute atomic E-state index is 7.03. The normalized spacial score (nSPS) is 31.6. The first-order chi connectivity index (χ1) is 11.3. The highest BCUT2D eigenvalue weighted by atomic mass is 28.4. The lowest BCUT2D eigenvalue weighted by molar-refractivity contribution is 0.0282. The summed E-state index contributed by atoms with van der Waals surface area (Å²) in [5, 5.41) is 0. The van der Waals surface area contributed by atoms with Gasteiger partial charge in [0.15, 0.2) is 16.6 Å². The highest BCUT2D eigenvalue weighted by Crippen LogP contribution is 2.44. The molecule has 0 spiro atoms. The molecule has 24 heavy (non-hydrogen) atoms. The summed E-state index contributed by atoms with van der Waals surface area (Å²) in [6.45, 7) is 21.3.